The number of urea groups is 1. The van der Waals surface area contributed by atoms with Crippen LogP contribution in [0.5, 0.6) is 0 Å². The molecule has 1 N–H and O–H groups in total. The number of thioether (sulfide) groups is 1. The second-order valence-electron chi connectivity index (χ2n) is 6.94. The Morgan fingerprint density at radius 2 is 2.15 bits per heavy atom. The van der Waals surface area contributed by atoms with Crippen molar-refractivity contribution in [3.63, 3.8) is 0 Å². The first-order valence-electron chi connectivity index (χ1n) is 9.11. The minimum atomic E-state index is -0.879. The average molecular weight is 394 g/mol. The first-order valence-corrected chi connectivity index (χ1v) is 10.1. The van der Waals surface area contributed by atoms with Crippen LogP contribution in [-0.4, -0.2) is 47.3 Å². The molecule has 3 rings (SSSR count). The van der Waals surface area contributed by atoms with Gasteiger partial charge in [0.05, 0.1) is 0 Å². The summed E-state index contributed by atoms with van der Waals surface area (Å²) in [4.78, 5) is 38.5. The topological polar surface area (TPSA) is 75.7 Å². The van der Waals surface area contributed by atoms with E-state index in [-0.39, 0.29) is 24.2 Å². The quantitative estimate of drug-likeness (QED) is 0.347. The number of amides is 3. The highest BCUT2D eigenvalue weighted by molar-refractivity contribution is 7.99. The number of rotatable bonds is 6. The Hall–Kier alpha value is -2.09. The van der Waals surface area contributed by atoms with Gasteiger partial charge in [-0.3, -0.25) is 14.5 Å². The second-order valence-corrected chi connectivity index (χ2v) is 8.08. The van der Waals surface area contributed by atoms with E-state index in [2.05, 4.69) is 5.32 Å². The number of benzene rings is 1. The molecule has 1 saturated carbocycles. The maximum absolute atomic E-state index is 13.5. The van der Waals surface area contributed by atoms with E-state index in [1.807, 2.05) is 6.92 Å². The van der Waals surface area contributed by atoms with E-state index in [1.54, 1.807) is 18.2 Å². The highest BCUT2D eigenvalue weighted by Gasteiger charge is 2.55. The molecule has 1 heterocycles. The van der Waals surface area contributed by atoms with Gasteiger partial charge in [0.1, 0.15) is 24.5 Å². The SMILES string of the molecule is C[C@H]1CCCC[C@]12NC(=O)N(CC(=O)OCCSc1ccccc1F)C2=O. The van der Waals surface area contributed by atoms with Crippen LogP contribution in [0.2, 0.25) is 0 Å². The van der Waals surface area contributed by atoms with E-state index in [1.165, 1.54) is 17.8 Å². The van der Waals surface area contributed by atoms with Crippen molar-refractivity contribution in [3.8, 4) is 0 Å². The zero-order valence-corrected chi connectivity index (χ0v) is 16.0. The molecule has 2 fully saturated rings. The number of halogens is 1. The molecule has 0 aromatic heterocycles. The molecular weight excluding hydrogens is 371 g/mol. The van der Waals surface area contributed by atoms with Gasteiger partial charge in [-0.15, -0.1) is 11.8 Å². The number of hydrogen-bond donors (Lipinski definition) is 1. The Kier molecular flexibility index (Phi) is 6.04. The molecule has 1 aliphatic heterocycles. The van der Waals surface area contributed by atoms with Gasteiger partial charge in [-0.25, -0.2) is 9.18 Å². The molecule has 6 nitrogen and oxygen atoms in total. The smallest absolute Gasteiger partial charge is 0.326 e. The predicted octanol–water partition coefficient (Wildman–Crippen LogP) is 2.96. The highest BCUT2D eigenvalue weighted by Crippen LogP contribution is 2.38. The third kappa shape index (κ3) is 4.10. The number of ether oxygens (including phenoxy) is 1. The van der Waals surface area contributed by atoms with Crippen molar-refractivity contribution in [1.82, 2.24) is 10.2 Å². The van der Waals surface area contributed by atoms with Crippen LogP contribution in [0, 0.1) is 11.7 Å². The Morgan fingerprint density at radius 3 is 2.89 bits per heavy atom. The summed E-state index contributed by atoms with van der Waals surface area (Å²) in [5.41, 5.74) is -0.879. The number of nitrogens with one attached hydrogen (secondary N) is 1. The summed E-state index contributed by atoms with van der Waals surface area (Å²) in [6, 6.07) is 5.83. The molecule has 2 atom stereocenters. The first kappa shape index (κ1) is 19.7. The number of imide groups is 1. The Morgan fingerprint density at radius 1 is 1.37 bits per heavy atom. The molecule has 1 saturated heterocycles. The zero-order chi connectivity index (χ0) is 19.4. The molecule has 1 spiro atoms. The van der Waals surface area contributed by atoms with Crippen molar-refractivity contribution >= 4 is 29.7 Å². The summed E-state index contributed by atoms with van der Waals surface area (Å²) in [6.07, 6.45) is 3.39. The van der Waals surface area contributed by atoms with Crippen LogP contribution in [0.4, 0.5) is 9.18 Å². The molecule has 2 aliphatic rings. The average Bonchev–Trinajstić information content (AvgIpc) is 2.88. The molecule has 27 heavy (non-hydrogen) atoms. The molecule has 8 heteroatoms. The lowest BCUT2D eigenvalue weighted by molar-refractivity contribution is -0.148. The lowest BCUT2D eigenvalue weighted by atomic mass is 9.73. The number of carbonyl (C=O) groups is 3. The van der Waals surface area contributed by atoms with Crippen LogP contribution in [0.3, 0.4) is 0 Å². The van der Waals surface area contributed by atoms with Crippen molar-refractivity contribution in [3.05, 3.63) is 30.1 Å². The van der Waals surface area contributed by atoms with Crippen molar-refractivity contribution in [2.24, 2.45) is 5.92 Å². The van der Waals surface area contributed by atoms with Gasteiger partial charge in [-0.05, 0) is 30.9 Å². The fourth-order valence-electron chi connectivity index (χ4n) is 3.68. The maximum Gasteiger partial charge on any atom is 0.326 e. The standard InChI is InChI=1S/C19H23FN2O4S/c1-13-6-4-5-9-19(13)17(24)22(18(25)21-19)12-16(23)26-10-11-27-15-8-3-2-7-14(15)20/h2-3,7-8,13H,4-6,9-12H2,1H3,(H,21,25)/t13-,19-/m0/s1. The van der Waals surface area contributed by atoms with E-state index >= 15 is 0 Å². The van der Waals surface area contributed by atoms with Crippen molar-refractivity contribution in [1.29, 1.82) is 0 Å². The highest BCUT2D eigenvalue weighted by atomic mass is 32.2. The minimum Gasteiger partial charge on any atom is -0.463 e. The third-order valence-electron chi connectivity index (χ3n) is 5.23. The largest absolute Gasteiger partial charge is 0.463 e. The Bertz CT molecular complexity index is 744. The zero-order valence-electron chi connectivity index (χ0n) is 15.2. The molecule has 0 radical (unpaired) electrons. The van der Waals surface area contributed by atoms with Gasteiger partial charge in [-0.2, -0.15) is 0 Å². The van der Waals surface area contributed by atoms with Gasteiger partial charge in [0.15, 0.2) is 0 Å². The molecule has 1 aliphatic carbocycles. The van der Waals surface area contributed by atoms with E-state index in [0.29, 0.717) is 17.1 Å². The van der Waals surface area contributed by atoms with Crippen LogP contribution in [0.1, 0.15) is 32.6 Å². The summed E-state index contributed by atoms with van der Waals surface area (Å²) in [5, 5.41) is 2.80. The van der Waals surface area contributed by atoms with Gasteiger partial charge in [0.25, 0.3) is 5.91 Å². The van der Waals surface area contributed by atoms with Crippen molar-refractivity contribution in [2.75, 3.05) is 18.9 Å². The molecule has 0 bridgehead atoms. The fraction of sp³-hybridized carbons (Fsp3) is 0.526. The van der Waals surface area contributed by atoms with E-state index < -0.39 is 24.1 Å². The lowest BCUT2D eigenvalue weighted by Gasteiger charge is -2.36. The molecule has 1 aromatic carbocycles. The van der Waals surface area contributed by atoms with Gasteiger partial charge < -0.3 is 10.1 Å². The maximum atomic E-state index is 13.5. The van der Waals surface area contributed by atoms with E-state index in [4.69, 9.17) is 4.74 Å². The number of hydrogen-bond acceptors (Lipinski definition) is 5. The second kappa shape index (κ2) is 8.29. The monoisotopic (exact) mass is 394 g/mol. The van der Waals surface area contributed by atoms with Gasteiger partial charge in [0, 0.05) is 10.6 Å². The molecular formula is C19H23FN2O4S. The van der Waals surface area contributed by atoms with Gasteiger partial charge >= 0.3 is 12.0 Å². The fourth-order valence-corrected chi connectivity index (χ4v) is 4.45. The number of esters is 1. The lowest BCUT2D eigenvalue weighted by Crippen LogP contribution is -2.54. The van der Waals surface area contributed by atoms with Crippen molar-refractivity contribution in [2.45, 2.75) is 43.0 Å². The summed E-state index contributed by atoms with van der Waals surface area (Å²) in [5.74, 6) is -0.875. The normalized spacial score (nSPS) is 25.0. The molecule has 146 valence electrons. The van der Waals surface area contributed by atoms with E-state index in [9.17, 15) is 18.8 Å². The summed E-state index contributed by atoms with van der Waals surface area (Å²) in [7, 11) is 0. The van der Waals surface area contributed by atoms with Crippen LogP contribution in [0.25, 0.3) is 0 Å². The van der Waals surface area contributed by atoms with E-state index in [0.717, 1.165) is 24.2 Å². The number of carbonyl (C=O) groups excluding carboxylic acids is 3. The van der Waals surface area contributed by atoms with Gasteiger partial charge in [-0.1, -0.05) is 31.9 Å². The number of nitrogens with zero attached hydrogens (tertiary/aromatic N) is 1. The third-order valence-corrected chi connectivity index (χ3v) is 6.24. The first-order chi connectivity index (χ1) is 12.9. The van der Waals surface area contributed by atoms with Crippen molar-refractivity contribution < 1.29 is 23.5 Å². The minimum absolute atomic E-state index is 0.0425. The Balaban J connectivity index is 1.48. The predicted molar refractivity (Wildman–Crippen MR) is 98.7 cm³/mol. The summed E-state index contributed by atoms with van der Waals surface area (Å²) in [6.45, 7) is 1.63. The van der Waals surface area contributed by atoms with Crippen LogP contribution < -0.4 is 5.32 Å². The molecule has 1 aromatic rings. The Labute approximate surface area is 161 Å². The summed E-state index contributed by atoms with van der Waals surface area (Å²) < 4.78 is 18.6. The molecule has 3 amide bonds. The van der Waals surface area contributed by atoms with Crippen LogP contribution in [0.15, 0.2) is 29.2 Å². The van der Waals surface area contributed by atoms with Gasteiger partial charge in [0.2, 0.25) is 0 Å². The molecule has 0 unspecified atom stereocenters. The summed E-state index contributed by atoms with van der Waals surface area (Å²) >= 11 is 1.24. The van der Waals surface area contributed by atoms with Crippen LogP contribution in [-0.2, 0) is 14.3 Å². The van der Waals surface area contributed by atoms with Crippen LogP contribution >= 0.6 is 11.8 Å².